The summed E-state index contributed by atoms with van der Waals surface area (Å²) in [5.74, 6) is 0.0141. The number of aliphatic carboxylic acids is 1. The van der Waals surface area contributed by atoms with Gasteiger partial charge in [0, 0.05) is 13.7 Å². The van der Waals surface area contributed by atoms with E-state index in [1.807, 2.05) is 0 Å². The molecular formula is C13H25NO3. The maximum atomic E-state index is 11.4. The summed E-state index contributed by atoms with van der Waals surface area (Å²) in [6.45, 7) is 3.37. The fourth-order valence-electron chi connectivity index (χ4n) is 2.73. The number of methoxy groups -OCH3 is 1. The van der Waals surface area contributed by atoms with Crippen LogP contribution in [0.2, 0.25) is 0 Å². The Hall–Kier alpha value is -0.610. The fourth-order valence-corrected chi connectivity index (χ4v) is 2.73. The van der Waals surface area contributed by atoms with E-state index in [2.05, 4.69) is 12.2 Å². The molecule has 0 spiro atoms. The molecule has 1 fully saturated rings. The second kappa shape index (κ2) is 6.97. The third-order valence-electron chi connectivity index (χ3n) is 3.83. The Morgan fingerprint density at radius 1 is 1.47 bits per heavy atom. The molecule has 0 aromatic rings. The monoisotopic (exact) mass is 243 g/mol. The minimum absolute atomic E-state index is 0.563. The Morgan fingerprint density at radius 2 is 2.12 bits per heavy atom. The Labute approximate surface area is 104 Å². The van der Waals surface area contributed by atoms with Crippen molar-refractivity contribution < 1.29 is 14.6 Å². The molecule has 0 unspecified atom stereocenters. The first-order valence-corrected chi connectivity index (χ1v) is 6.62. The van der Waals surface area contributed by atoms with E-state index in [1.54, 1.807) is 7.11 Å². The zero-order valence-corrected chi connectivity index (χ0v) is 11.0. The third kappa shape index (κ3) is 3.96. The highest BCUT2D eigenvalue weighted by Crippen LogP contribution is 2.34. The lowest BCUT2D eigenvalue weighted by atomic mass is 9.75. The summed E-state index contributed by atoms with van der Waals surface area (Å²) < 4.78 is 4.96. The highest BCUT2D eigenvalue weighted by Gasteiger charge is 2.41. The Balaban J connectivity index is 2.48. The lowest BCUT2D eigenvalue weighted by molar-refractivity contribution is -0.147. The van der Waals surface area contributed by atoms with E-state index in [9.17, 15) is 9.90 Å². The number of carboxylic acid groups (broad SMARTS) is 1. The molecule has 0 aliphatic heterocycles. The molecule has 1 saturated carbocycles. The van der Waals surface area contributed by atoms with Gasteiger partial charge in [-0.25, -0.2) is 0 Å². The van der Waals surface area contributed by atoms with Crippen LogP contribution in [0, 0.1) is 5.92 Å². The van der Waals surface area contributed by atoms with E-state index in [1.165, 1.54) is 12.8 Å². The van der Waals surface area contributed by atoms with Gasteiger partial charge in [0.2, 0.25) is 0 Å². The molecule has 1 rings (SSSR count). The molecule has 4 heteroatoms. The molecule has 17 heavy (non-hydrogen) atoms. The van der Waals surface area contributed by atoms with E-state index in [4.69, 9.17) is 4.74 Å². The average Bonchev–Trinajstić information content (AvgIpc) is 2.32. The Kier molecular flexibility index (Phi) is 5.92. The predicted octanol–water partition coefficient (Wildman–Crippen LogP) is 2.04. The lowest BCUT2D eigenvalue weighted by Gasteiger charge is -2.37. The molecule has 0 heterocycles. The van der Waals surface area contributed by atoms with Crippen molar-refractivity contribution >= 4 is 5.97 Å². The number of carbonyl (C=O) groups is 1. The van der Waals surface area contributed by atoms with Crippen LogP contribution >= 0.6 is 0 Å². The van der Waals surface area contributed by atoms with Crippen molar-refractivity contribution in [3.05, 3.63) is 0 Å². The van der Waals surface area contributed by atoms with E-state index in [-0.39, 0.29) is 0 Å². The van der Waals surface area contributed by atoms with Gasteiger partial charge in [0.05, 0.1) is 6.61 Å². The minimum Gasteiger partial charge on any atom is -0.480 e. The first-order valence-electron chi connectivity index (χ1n) is 6.62. The summed E-state index contributed by atoms with van der Waals surface area (Å²) in [4.78, 5) is 11.4. The van der Waals surface area contributed by atoms with Gasteiger partial charge in [0.25, 0.3) is 0 Å². The molecular weight excluding hydrogens is 218 g/mol. The van der Waals surface area contributed by atoms with Gasteiger partial charge in [0.1, 0.15) is 5.54 Å². The van der Waals surface area contributed by atoms with E-state index in [0.29, 0.717) is 13.2 Å². The van der Waals surface area contributed by atoms with Crippen LogP contribution in [0.15, 0.2) is 0 Å². The van der Waals surface area contributed by atoms with E-state index >= 15 is 0 Å². The topological polar surface area (TPSA) is 58.6 Å². The van der Waals surface area contributed by atoms with Gasteiger partial charge in [-0.1, -0.05) is 19.8 Å². The molecule has 0 amide bonds. The van der Waals surface area contributed by atoms with Gasteiger partial charge in [0.15, 0.2) is 0 Å². The van der Waals surface area contributed by atoms with Crippen molar-refractivity contribution in [2.24, 2.45) is 5.92 Å². The maximum absolute atomic E-state index is 11.4. The largest absolute Gasteiger partial charge is 0.480 e. The molecule has 2 N–H and O–H groups in total. The van der Waals surface area contributed by atoms with Gasteiger partial charge in [-0.2, -0.15) is 0 Å². The maximum Gasteiger partial charge on any atom is 0.323 e. The molecule has 0 saturated heterocycles. The summed E-state index contributed by atoms with van der Waals surface area (Å²) in [6.07, 6.45) is 5.98. The number of hydrogen-bond acceptors (Lipinski definition) is 3. The molecule has 100 valence electrons. The standard InChI is InChI=1S/C13H25NO3/c1-3-4-11-5-7-13(8-6-11,12(15)16)14-9-10-17-2/h11,14H,3-10H2,1-2H3,(H,15,16). The minimum atomic E-state index is -0.706. The molecule has 4 nitrogen and oxygen atoms in total. The van der Waals surface area contributed by atoms with Crippen LogP contribution in [0.5, 0.6) is 0 Å². The molecule has 0 atom stereocenters. The zero-order valence-electron chi connectivity index (χ0n) is 11.0. The average molecular weight is 243 g/mol. The van der Waals surface area contributed by atoms with Crippen molar-refractivity contribution in [2.75, 3.05) is 20.3 Å². The second-order valence-electron chi connectivity index (χ2n) is 5.04. The Bertz CT molecular complexity index is 235. The summed E-state index contributed by atoms with van der Waals surface area (Å²) in [5.41, 5.74) is -0.706. The first kappa shape index (κ1) is 14.5. The molecule has 1 aliphatic carbocycles. The van der Waals surface area contributed by atoms with Crippen molar-refractivity contribution in [1.82, 2.24) is 5.32 Å². The third-order valence-corrected chi connectivity index (χ3v) is 3.83. The number of rotatable bonds is 7. The SMILES string of the molecule is CCCC1CCC(NCCOC)(C(=O)O)CC1. The first-order chi connectivity index (χ1) is 8.14. The van der Waals surface area contributed by atoms with Crippen LogP contribution in [0.25, 0.3) is 0 Å². The van der Waals surface area contributed by atoms with Gasteiger partial charge < -0.3 is 9.84 Å². The number of nitrogens with one attached hydrogen (secondary N) is 1. The summed E-state index contributed by atoms with van der Waals surface area (Å²) >= 11 is 0. The van der Waals surface area contributed by atoms with Crippen molar-refractivity contribution in [1.29, 1.82) is 0 Å². The Morgan fingerprint density at radius 3 is 2.59 bits per heavy atom. The van der Waals surface area contributed by atoms with Crippen LogP contribution in [-0.4, -0.2) is 36.9 Å². The number of hydrogen-bond donors (Lipinski definition) is 2. The van der Waals surface area contributed by atoms with E-state index < -0.39 is 11.5 Å². The molecule has 0 aromatic heterocycles. The smallest absolute Gasteiger partial charge is 0.323 e. The van der Waals surface area contributed by atoms with Gasteiger partial charge in [-0.3, -0.25) is 10.1 Å². The second-order valence-corrected chi connectivity index (χ2v) is 5.04. The molecule has 0 bridgehead atoms. The van der Waals surface area contributed by atoms with Crippen LogP contribution in [0.4, 0.5) is 0 Å². The number of carboxylic acids is 1. The van der Waals surface area contributed by atoms with Crippen LogP contribution in [0.1, 0.15) is 45.4 Å². The van der Waals surface area contributed by atoms with E-state index in [0.717, 1.165) is 31.6 Å². The normalized spacial score (nSPS) is 29.2. The zero-order chi connectivity index (χ0) is 12.7. The van der Waals surface area contributed by atoms with Crippen molar-refractivity contribution in [3.8, 4) is 0 Å². The molecule has 1 aliphatic rings. The van der Waals surface area contributed by atoms with Crippen molar-refractivity contribution in [3.63, 3.8) is 0 Å². The van der Waals surface area contributed by atoms with Gasteiger partial charge in [-0.15, -0.1) is 0 Å². The highest BCUT2D eigenvalue weighted by molar-refractivity contribution is 5.78. The number of ether oxygens (including phenoxy) is 1. The molecule has 0 radical (unpaired) electrons. The van der Waals surface area contributed by atoms with Crippen LogP contribution in [-0.2, 0) is 9.53 Å². The fraction of sp³-hybridized carbons (Fsp3) is 0.923. The van der Waals surface area contributed by atoms with Crippen LogP contribution < -0.4 is 5.32 Å². The quantitative estimate of drug-likeness (QED) is 0.672. The predicted molar refractivity (Wildman–Crippen MR) is 67.1 cm³/mol. The van der Waals surface area contributed by atoms with Crippen LogP contribution in [0.3, 0.4) is 0 Å². The lowest BCUT2D eigenvalue weighted by Crippen LogP contribution is -2.55. The van der Waals surface area contributed by atoms with Gasteiger partial charge in [-0.05, 0) is 31.6 Å². The molecule has 0 aromatic carbocycles. The highest BCUT2D eigenvalue weighted by atomic mass is 16.5. The van der Waals surface area contributed by atoms with Crippen molar-refractivity contribution in [2.45, 2.75) is 51.0 Å². The summed E-state index contributed by atoms with van der Waals surface area (Å²) in [7, 11) is 1.63. The summed E-state index contributed by atoms with van der Waals surface area (Å²) in [6, 6.07) is 0. The van der Waals surface area contributed by atoms with Gasteiger partial charge >= 0.3 is 5.97 Å². The summed E-state index contributed by atoms with van der Waals surface area (Å²) in [5, 5.41) is 12.6.